The fourth-order valence-corrected chi connectivity index (χ4v) is 11.0. The molecule has 2 heterocycles. The van der Waals surface area contributed by atoms with E-state index in [1.165, 1.54) is 17.2 Å². The van der Waals surface area contributed by atoms with Crippen LogP contribution < -0.4 is 0 Å². The van der Waals surface area contributed by atoms with Gasteiger partial charge in [-0.15, -0.1) is 0 Å². The third-order valence-electron chi connectivity index (χ3n) is 13.7. The first-order chi connectivity index (χ1) is 30.6. The zero-order valence-electron chi connectivity index (χ0n) is 34.2. The molecule has 0 saturated heterocycles. The van der Waals surface area contributed by atoms with Crippen molar-refractivity contribution in [1.82, 2.24) is 0 Å². The Balaban J connectivity index is 1.26. The molecule has 2 aliphatic rings. The maximum atomic E-state index is 15.7. The molecule has 0 fully saturated rings. The van der Waals surface area contributed by atoms with Gasteiger partial charge in [-0.1, -0.05) is 121 Å². The van der Waals surface area contributed by atoms with Gasteiger partial charge in [0.25, 0.3) is 0 Å². The predicted octanol–water partition coefficient (Wildman–Crippen LogP) is 15.5. The average molecular weight is 831 g/mol. The molecular formula is C57H37F5N+. The van der Waals surface area contributed by atoms with Crippen LogP contribution in [0.2, 0.25) is 0 Å². The third kappa shape index (κ3) is 5.78. The van der Waals surface area contributed by atoms with E-state index in [-0.39, 0.29) is 11.1 Å². The van der Waals surface area contributed by atoms with Gasteiger partial charge in [-0.2, -0.15) is 0 Å². The molecule has 1 spiro atoms. The van der Waals surface area contributed by atoms with Crippen molar-refractivity contribution in [3.8, 4) is 44.5 Å². The molecule has 63 heavy (non-hydrogen) atoms. The lowest BCUT2D eigenvalue weighted by molar-refractivity contribution is -0.977. The molecule has 10 aromatic carbocycles. The number of halogens is 5. The van der Waals surface area contributed by atoms with E-state index in [0.29, 0.717) is 41.8 Å². The monoisotopic (exact) mass is 830 g/mol. The van der Waals surface area contributed by atoms with E-state index in [1.807, 2.05) is 42.5 Å². The molecule has 12 rings (SSSR count). The van der Waals surface area contributed by atoms with Crippen molar-refractivity contribution in [2.24, 2.45) is 0 Å². The molecule has 1 nitrogen and oxygen atoms in total. The van der Waals surface area contributed by atoms with E-state index in [4.69, 9.17) is 0 Å². The molecule has 2 aliphatic heterocycles. The first-order valence-electron chi connectivity index (χ1n) is 21.2. The minimum absolute atomic E-state index is 0.203. The summed E-state index contributed by atoms with van der Waals surface area (Å²) < 4.78 is 76.9. The highest BCUT2D eigenvalue weighted by atomic mass is 19.2. The van der Waals surface area contributed by atoms with Gasteiger partial charge in [-0.05, 0) is 125 Å². The fourth-order valence-electron chi connectivity index (χ4n) is 11.0. The number of benzene rings is 10. The molecule has 0 radical (unpaired) electrons. The van der Waals surface area contributed by atoms with Crippen LogP contribution in [0.4, 0.5) is 22.0 Å². The van der Waals surface area contributed by atoms with Gasteiger partial charge in [0, 0.05) is 33.4 Å². The number of nitrogens with zero attached hydrogens (tertiary/aromatic N) is 1. The van der Waals surface area contributed by atoms with Crippen molar-refractivity contribution >= 4 is 43.1 Å². The van der Waals surface area contributed by atoms with Gasteiger partial charge < -0.3 is 4.48 Å². The molecule has 0 unspecified atom stereocenters. The summed E-state index contributed by atoms with van der Waals surface area (Å²) in [6, 6.07) is 51.2. The van der Waals surface area contributed by atoms with Crippen molar-refractivity contribution in [2.75, 3.05) is 0 Å². The third-order valence-corrected chi connectivity index (χ3v) is 13.7. The van der Waals surface area contributed by atoms with E-state index >= 15 is 17.6 Å². The van der Waals surface area contributed by atoms with Crippen LogP contribution in [0.25, 0.3) is 87.6 Å². The SMILES string of the molecule is Cc1cc(-c2cc3ccccc3c3c2C[N+]2(Cc4ccc5ccccc5c4-c4c(ccc5ccccc45)C2)Cc2c(-c4cc(F)c(F)c(F)c4)cc4ccccc4c2-3)cc(F)c1F. The summed E-state index contributed by atoms with van der Waals surface area (Å²) in [5.74, 6) is -5.84. The molecule has 0 saturated carbocycles. The lowest BCUT2D eigenvalue weighted by atomic mass is 9.82. The van der Waals surface area contributed by atoms with Crippen molar-refractivity contribution < 1.29 is 26.4 Å². The Morgan fingerprint density at radius 1 is 0.365 bits per heavy atom. The highest BCUT2D eigenvalue weighted by molar-refractivity contribution is 6.12. The molecule has 304 valence electrons. The zero-order chi connectivity index (χ0) is 42.7. The summed E-state index contributed by atoms with van der Waals surface area (Å²) in [5, 5.41) is 8.22. The van der Waals surface area contributed by atoms with Crippen LogP contribution in [0.1, 0.15) is 27.8 Å². The lowest BCUT2D eigenvalue weighted by Gasteiger charge is -2.39. The van der Waals surface area contributed by atoms with Crippen molar-refractivity contribution in [3.05, 3.63) is 215 Å². The van der Waals surface area contributed by atoms with Crippen molar-refractivity contribution in [1.29, 1.82) is 0 Å². The van der Waals surface area contributed by atoms with Gasteiger partial charge >= 0.3 is 0 Å². The van der Waals surface area contributed by atoms with Gasteiger partial charge in [0.15, 0.2) is 29.1 Å². The van der Waals surface area contributed by atoms with Crippen LogP contribution in [0.3, 0.4) is 0 Å². The highest BCUT2D eigenvalue weighted by Crippen LogP contribution is 2.53. The van der Waals surface area contributed by atoms with E-state index in [2.05, 4.69) is 91.0 Å². The second kappa shape index (κ2) is 13.9. The molecule has 0 aromatic heterocycles. The van der Waals surface area contributed by atoms with Crippen LogP contribution in [0.15, 0.2) is 158 Å². The van der Waals surface area contributed by atoms with Gasteiger partial charge in [0.05, 0.1) is 0 Å². The second-order valence-electron chi connectivity index (χ2n) is 17.5. The Bertz CT molecular complexity index is 3320. The average Bonchev–Trinajstić information content (AvgIpc) is 3.54. The van der Waals surface area contributed by atoms with E-state index in [9.17, 15) is 4.39 Å². The molecule has 0 amide bonds. The number of aryl methyl sites for hydroxylation is 1. The standard InChI is InChI=1S/C57H37F5N/c1-32-22-39(25-49(58)56(32)61)45-23-35-12-4-8-16-43(35)54-47(45)30-63(31-48-46(40-26-50(59)57(62)51(60)27-40)24-36-13-5-9-17-44(36)55(48)54)28-37-20-18-33-10-2-6-14-41(33)52(37)53-38(29-63)21-19-34-11-3-7-15-42(34)53/h2-27H,28-31H2,1H3/q+1. The minimum atomic E-state index is -1.52. The first-order valence-corrected chi connectivity index (χ1v) is 21.2. The summed E-state index contributed by atoms with van der Waals surface area (Å²) in [5.41, 5.74) is 10.7. The van der Waals surface area contributed by atoms with Crippen LogP contribution in [-0.4, -0.2) is 4.48 Å². The summed E-state index contributed by atoms with van der Waals surface area (Å²) >= 11 is 0. The Morgan fingerprint density at radius 3 is 1.19 bits per heavy atom. The largest absolute Gasteiger partial charge is 0.309 e. The molecule has 0 aliphatic carbocycles. The minimum Gasteiger partial charge on any atom is -0.309 e. The Kier molecular flexibility index (Phi) is 8.31. The molecule has 6 heteroatoms. The molecule has 10 aromatic rings. The maximum Gasteiger partial charge on any atom is 0.194 e. The maximum absolute atomic E-state index is 15.7. The summed E-state index contributed by atoms with van der Waals surface area (Å²) in [7, 11) is 0. The van der Waals surface area contributed by atoms with Crippen LogP contribution in [0, 0.1) is 36.0 Å². The topological polar surface area (TPSA) is 0 Å². The van der Waals surface area contributed by atoms with Gasteiger partial charge in [-0.25, -0.2) is 22.0 Å². The van der Waals surface area contributed by atoms with E-state index in [1.54, 1.807) is 13.0 Å². The van der Waals surface area contributed by atoms with Crippen LogP contribution in [0.5, 0.6) is 0 Å². The van der Waals surface area contributed by atoms with E-state index < -0.39 is 29.1 Å². The summed E-state index contributed by atoms with van der Waals surface area (Å²) in [6.07, 6.45) is 0. The zero-order valence-corrected chi connectivity index (χ0v) is 34.2. The molecule has 0 bridgehead atoms. The van der Waals surface area contributed by atoms with Gasteiger partial charge in [-0.3, -0.25) is 0 Å². The Morgan fingerprint density at radius 2 is 0.746 bits per heavy atom. The van der Waals surface area contributed by atoms with Gasteiger partial charge in [0.2, 0.25) is 0 Å². The highest BCUT2D eigenvalue weighted by Gasteiger charge is 2.41. The number of fused-ring (bicyclic) bond motifs is 14. The van der Waals surface area contributed by atoms with Crippen LogP contribution in [-0.2, 0) is 26.2 Å². The number of rotatable bonds is 2. The number of hydrogen-bond donors (Lipinski definition) is 0. The Labute approximate surface area is 360 Å². The van der Waals surface area contributed by atoms with Crippen molar-refractivity contribution in [3.63, 3.8) is 0 Å². The summed E-state index contributed by atoms with van der Waals surface area (Å²) in [6.45, 7) is 3.63. The summed E-state index contributed by atoms with van der Waals surface area (Å²) in [4.78, 5) is 0. The molecular weight excluding hydrogens is 794 g/mol. The fraction of sp³-hybridized carbons (Fsp3) is 0.0877. The first kappa shape index (κ1) is 37.6. The predicted molar refractivity (Wildman–Crippen MR) is 244 cm³/mol. The van der Waals surface area contributed by atoms with Crippen molar-refractivity contribution in [2.45, 2.75) is 33.1 Å². The second-order valence-corrected chi connectivity index (χ2v) is 17.5. The van der Waals surface area contributed by atoms with E-state index in [0.717, 1.165) is 94.2 Å². The number of quaternary nitrogens is 1. The Hall–Kier alpha value is -7.15. The molecule has 0 atom stereocenters. The lowest BCUT2D eigenvalue weighted by Crippen LogP contribution is -2.44. The molecule has 0 N–H and O–H groups in total. The van der Waals surface area contributed by atoms with Crippen LogP contribution >= 0.6 is 0 Å². The smallest absolute Gasteiger partial charge is 0.194 e. The quantitative estimate of drug-likeness (QED) is 0.0925. The normalized spacial score (nSPS) is 14.1. The van der Waals surface area contributed by atoms with Gasteiger partial charge in [0.1, 0.15) is 26.2 Å². The number of hydrogen-bond acceptors (Lipinski definition) is 0.